The normalized spacial score (nSPS) is 11.3. The van der Waals surface area contributed by atoms with Crippen LogP contribution in [-0.2, 0) is 9.84 Å². The maximum absolute atomic E-state index is 12.0. The molecule has 0 atom stereocenters. The lowest BCUT2D eigenvalue weighted by atomic mass is 10.3. The van der Waals surface area contributed by atoms with Gasteiger partial charge in [0.1, 0.15) is 10.0 Å². The molecule has 0 aromatic heterocycles. The summed E-state index contributed by atoms with van der Waals surface area (Å²) < 4.78 is 28.6. The molecule has 5 nitrogen and oxygen atoms in total. The van der Waals surface area contributed by atoms with E-state index in [1.807, 2.05) is 0 Å². The lowest BCUT2D eigenvalue weighted by Crippen LogP contribution is -2.17. The maximum Gasteiger partial charge on any atom is 0.417 e. The Kier molecular flexibility index (Phi) is 6.93. The van der Waals surface area contributed by atoms with Gasteiger partial charge in [-0.25, -0.2) is 13.2 Å². The number of carbonyl (C=O) groups excluding carboxylic acids is 1. The highest BCUT2D eigenvalue weighted by Crippen LogP contribution is 2.48. The number of nitrogens with one attached hydrogen (secondary N) is 1. The van der Waals surface area contributed by atoms with E-state index in [-0.39, 0.29) is 41.5 Å². The third kappa shape index (κ3) is 4.50. The molecule has 0 heterocycles. The summed E-state index contributed by atoms with van der Waals surface area (Å²) in [5, 5.41) is 1.76. The van der Waals surface area contributed by atoms with Crippen LogP contribution < -0.4 is 10.1 Å². The first-order valence-corrected chi connectivity index (χ1v) is 10.5. The fourth-order valence-electron chi connectivity index (χ4n) is 1.82. The molecule has 2 rings (SSSR count). The average Bonchev–Trinajstić information content (AvgIpc) is 2.62. The van der Waals surface area contributed by atoms with Gasteiger partial charge in [0, 0.05) is 5.69 Å². The summed E-state index contributed by atoms with van der Waals surface area (Å²) in [6, 6.07) is 5.55. The highest BCUT2D eigenvalue weighted by Gasteiger charge is 2.22. The van der Waals surface area contributed by atoms with Crippen molar-refractivity contribution < 1.29 is 17.9 Å². The topological polar surface area (TPSA) is 72.5 Å². The molecule has 0 aliphatic heterocycles. The number of ether oxygens (including phenoxy) is 1. The van der Waals surface area contributed by atoms with E-state index in [1.54, 1.807) is 0 Å². The van der Waals surface area contributed by atoms with E-state index in [2.05, 4.69) is 5.32 Å². The van der Waals surface area contributed by atoms with Crippen molar-refractivity contribution in [3.05, 3.63) is 49.4 Å². The third-order valence-electron chi connectivity index (χ3n) is 3.20. The highest BCUT2D eigenvalue weighted by atomic mass is 35.5. The first-order chi connectivity index (χ1) is 12.1. The van der Waals surface area contributed by atoms with Gasteiger partial charge in [-0.2, -0.15) is 0 Å². The van der Waals surface area contributed by atoms with Crippen LogP contribution in [0.15, 0.2) is 29.2 Å². The summed E-state index contributed by atoms with van der Waals surface area (Å²) in [6.45, 7) is 1.54. The number of rotatable bonds is 4. The Labute approximate surface area is 175 Å². The Morgan fingerprint density at radius 2 is 1.38 bits per heavy atom. The van der Waals surface area contributed by atoms with Crippen molar-refractivity contribution in [1.82, 2.24) is 0 Å². The molecule has 26 heavy (non-hydrogen) atoms. The number of hydrogen-bond donors (Lipinski definition) is 1. The standard InChI is InChI=1S/C15H10Cl5NO4S/c1-2-26(23,24)8-5-3-7(4-6-8)21-15(22)25-14-12(19)10(17)9(16)11(18)13(14)20/h3-6H,2H2,1H3,(H,21,22). The van der Waals surface area contributed by atoms with Crippen molar-refractivity contribution in [2.45, 2.75) is 11.8 Å². The molecule has 11 heteroatoms. The molecule has 0 radical (unpaired) electrons. The monoisotopic (exact) mass is 475 g/mol. The first-order valence-electron chi connectivity index (χ1n) is 6.91. The zero-order valence-corrected chi connectivity index (χ0v) is 17.5. The molecule has 0 aliphatic rings. The largest absolute Gasteiger partial charge is 0.417 e. The van der Waals surface area contributed by atoms with E-state index >= 15 is 0 Å². The zero-order chi connectivity index (χ0) is 19.6. The van der Waals surface area contributed by atoms with E-state index in [4.69, 9.17) is 62.7 Å². The smallest absolute Gasteiger partial charge is 0.407 e. The Balaban J connectivity index is 2.20. The second-order valence-corrected chi connectivity index (χ2v) is 9.01. The highest BCUT2D eigenvalue weighted by molar-refractivity contribution is 7.91. The van der Waals surface area contributed by atoms with Crippen LogP contribution in [0.25, 0.3) is 0 Å². The predicted molar refractivity (Wildman–Crippen MR) is 105 cm³/mol. The van der Waals surface area contributed by atoms with Gasteiger partial charge in [-0.05, 0) is 24.3 Å². The van der Waals surface area contributed by atoms with Crippen LogP contribution in [0, 0.1) is 0 Å². The molecule has 0 unspecified atom stereocenters. The molecule has 0 spiro atoms. The summed E-state index contributed by atoms with van der Waals surface area (Å²) in [7, 11) is -3.34. The molecule has 1 N–H and O–H groups in total. The summed E-state index contributed by atoms with van der Waals surface area (Å²) in [6.07, 6.45) is -0.936. The molecular formula is C15H10Cl5NO4S. The van der Waals surface area contributed by atoms with Crippen LogP contribution in [0.3, 0.4) is 0 Å². The van der Waals surface area contributed by atoms with Crippen molar-refractivity contribution in [2.24, 2.45) is 0 Å². The van der Waals surface area contributed by atoms with Gasteiger partial charge in [-0.1, -0.05) is 64.9 Å². The summed E-state index contributed by atoms with van der Waals surface area (Å²) in [4.78, 5) is 12.2. The minimum Gasteiger partial charge on any atom is -0.407 e. The number of hydrogen-bond acceptors (Lipinski definition) is 4. The first kappa shape index (κ1) is 21.4. The van der Waals surface area contributed by atoms with Crippen molar-refractivity contribution in [2.75, 3.05) is 11.1 Å². The van der Waals surface area contributed by atoms with Gasteiger partial charge < -0.3 is 4.74 Å². The van der Waals surface area contributed by atoms with Crippen LogP contribution in [0.4, 0.5) is 10.5 Å². The van der Waals surface area contributed by atoms with Gasteiger partial charge in [0.05, 0.1) is 25.7 Å². The number of sulfone groups is 1. The van der Waals surface area contributed by atoms with Gasteiger partial charge in [0.15, 0.2) is 15.6 Å². The molecule has 2 aromatic carbocycles. The molecule has 1 amide bonds. The average molecular weight is 478 g/mol. The minimum atomic E-state index is -3.34. The van der Waals surface area contributed by atoms with Crippen LogP contribution in [0.2, 0.25) is 25.1 Å². The molecule has 0 fully saturated rings. The van der Waals surface area contributed by atoms with Crippen LogP contribution in [-0.4, -0.2) is 20.3 Å². The molecule has 2 aromatic rings. The summed E-state index contributed by atoms with van der Waals surface area (Å²) in [5.74, 6) is -0.285. The maximum atomic E-state index is 12.0. The molecule has 0 saturated carbocycles. The fourth-order valence-corrected chi connectivity index (χ4v) is 3.90. The third-order valence-corrected chi connectivity index (χ3v) is 7.20. The Hall–Kier alpha value is -0.890. The molecular weight excluding hydrogens is 468 g/mol. The van der Waals surface area contributed by atoms with Crippen LogP contribution >= 0.6 is 58.0 Å². The summed E-state index contributed by atoms with van der Waals surface area (Å²) >= 11 is 29.6. The van der Waals surface area contributed by atoms with Crippen molar-refractivity contribution in [3.63, 3.8) is 0 Å². The zero-order valence-electron chi connectivity index (χ0n) is 12.9. The predicted octanol–water partition coefficient (Wildman–Crippen LogP) is 6.36. The molecule has 0 aliphatic carbocycles. The quantitative estimate of drug-likeness (QED) is 0.411. The van der Waals surface area contributed by atoms with Gasteiger partial charge in [-0.3, -0.25) is 5.32 Å². The lowest BCUT2D eigenvalue weighted by molar-refractivity contribution is 0.215. The van der Waals surface area contributed by atoms with E-state index in [0.29, 0.717) is 5.69 Å². The molecule has 0 saturated heterocycles. The Bertz CT molecular complexity index is 932. The minimum absolute atomic E-state index is 0.0309. The number of carbonyl (C=O) groups is 1. The van der Waals surface area contributed by atoms with Gasteiger partial charge in [-0.15, -0.1) is 0 Å². The van der Waals surface area contributed by atoms with E-state index in [1.165, 1.54) is 31.2 Å². The van der Waals surface area contributed by atoms with Crippen molar-refractivity contribution >= 4 is 79.6 Å². The second-order valence-electron chi connectivity index (χ2n) is 4.84. The van der Waals surface area contributed by atoms with Gasteiger partial charge in [0.25, 0.3) is 0 Å². The number of benzene rings is 2. The van der Waals surface area contributed by atoms with Crippen molar-refractivity contribution in [1.29, 1.82) is 0 Å². The molecule has 140 valence electrons. The Morgan fingerprint density at radius 1 is 0.923 bits per heavy atom. The molecule has 0 bridgehead atoms. The van der Waals surface area contributed by atoms with Crippen molar-refractivity contribution in [3.8, 4) is 5.75 Å². The lowest BCUT2D eigenvalue weighted by Gasteiger charge is -2.13. The van der Waals surface area contributed by atoms with Crippen LogP contribution in [0.1, 0.15) is 6.92 Å². The SMILES string of the molecule is CCS(=O)(=O)c1ccc(NC(=O)Oc2c(Cl)c(Cl)c(Cl)c(Cl)c2Cl)cc1. The van der Waals surface area contributed by atoms with Crippen LogP contribution in [0.5, 0.6) is 5.75 Å². The fraction of sp³-hybridized carbons (Fsp3) is 0.133. The van der Waals surface area contributed by atoms with Gasteiger partial charge in [0.2, 0.25) is 0 Å². The van der Waals surface area contributed by atoms with E-state index < -0.39 is 15.9 Å². The number of anilines is 1. The Morgan fingerprint density at radius 3 is 1.85 bits per heavy atom. The van der Waals surface area contributed by atoms with Gasteiger partial charge >= 0.3 is 6.09 Å². The van der Waals surface area contributed by atoms with E-state index in [0.717, 1.165) is 0 Å². The second kappa shape index (κ2) is 8.42. The number of amides is 1. The van der Waals surface area contributed by atoms with E-state index in [9.17, 15) is 13.2 Å². The summed E-state index contributed by atoms with van der Waals surface area (Å²) in [5.41, 5.74) is 0.295. The number of halogens is 5.